The Morgan fingerprint density at radius 3 is 2.42 bits per heavy atom. The topological polar surface area (TPSA) is 128 Å². The molecule has 1 aromatic rings. The minimum atomic E-state index is -1.73. The lowest BCUT2D eigenvalue weighted by molar-refractivity contribution is -0.271. The van der Waals surface area contributed by atoms with Crippen molar-refractivity contribution >= 4 is 28.6 Å². The number of hydrogen-bond acceptors (Lipinski definition) is 7. The van der Waals surface area contributed by atoms with Crippen LogP contribution < -0.4 is 10.1 Å². The van der Waals surface area contributed by atoms with Crippen molar-refractivity contribution in [1.29, 1.82) is 0 Å². The molecule has 0 saturated carbocycles. The minimum absolute atomic E-state index is 0.351. The van der Waals surface area contributed by atoms with Crippen molar-refractivity contribution in [2.45, 2.75) is 37.3 Å². The van der Waals surface area contributed by atoms with E-state index in [0.717, 1.165) is 16.5 Å². The number of aliphatic carboxylic acids is 1. The van der Waals surface area contributed by atoms with Gasteiger partial charge in [-0.1, -0.05) is 34.7 Å². The number of aliphatic hydroxyl groups excluding tert-OH is 3. The third-order valence-electron chi connectivity index (χ3n) is 3.59. The van der Waals surface area contributed by atoms with Gasteiger partial charge in [0.05, 0.1) is 0 Å². The number of benzene rings is 1. The predicted molar refractivity (Wildman–Crippen MR) is 92.0 cm³/mol. The van der Waals surface area contributed by atoms with E-state index in [1.54, 1.807) is 12.1 Å². The third kappa shape index (κ3) is 4.77. The average molecular weight is 453 g/mol. The number of ether oxygens (including phenoxy) is 2. The second kappa shape index (κ2) is 8.92. The van der Waals surface area contributed by atoms with E-state index in [2.05, 4.69) is 27.9 Å². The summed E-state index contributed by atoms with van der Waals surface area (Å²) in [5.41, 5.74) is 1.04. The number of hydrogen-bond donors (Lipinski definition) is 5. The Bertz CT molecular complexity index is 541. The summed E-state index contributed by atoms with van der Waals surface area (Å²) in [6.07, 6.45) is -8.05. The first-order valence-electron chi connectivity index (χ1n) is 7.38. The Kier molecular flexibility index (Phi) is 7.19. The maximum Gasteiger partial charge on any atom is 0.335 e. The summed E-state index contributed by atoms with van der Waals surface area (Å²) in [6, 6.07) is 6.96. The fourth-order valence-electron chi connectivity index (χ4n) is 2.27. The van der Waals surface area contributed by atoms with E-state index in [1.807, 2.05) is 12.1 Å². The van der Waals surface area contributed by atoms with E-state index in [9.17, 15) is 20.1 Å². The number of alkyl halides is 1. The van der Waals surface area contributed by atoms with Gasteiger partial charge in [-0.2, -0.15) is 0 Å². The fraction of sp³-hybridized carbons (Fsp3) is 0.533. The normalized spacial score (nSPS) is 30.1. The summed E-state index contributed by atoms with van der Waals surface area (Å²) in [6.45, 7) is 1.61. The molecule has 2 rings (SSSR count). The molecule has 5 atom stereocenters. The highest BCUT2D eigenvalue weighted by Gasteiger charge is 2.48. The number of nitrogens with one attached hydrogen (secondary N) is 1. The van der Waals surface area contributed by atoms with Crippen LogP contribution in [0.1, 0.15) is 5.56 Å². The molecule has 0 radical (unpaired) electrons. The summed E-state index contributed by atoms with van der Waals surface area (Å²) in [4.78, 5) is 11.0. The molecule has 1 aliphatic heterocycles. The Morgan fingerprint density at radius 1 is 1.17 bits per heavy atom. The van der Waals surface area contributed by atoms with E-state index in [0.29, 0.717) is 12.3 Å². The van der Waals surface area contributed by atoms with Crippen LogP contribution in [-0.4, -0.2) is 68.1 Å². The summed E-state index contributed by atoms with van der Waals surface area (Å²) in [5, 5.41) is 41.5. The van der Waals surface area contributed by atoms with Gasteiger partial charge >= 0.3 is 5.97 Å². The van der Waals surface area contributed by atoms with Crippen molar-refractivity contribution in [1.82, 2.24) is 5.32 Å². The van der Waals surface area contributed by atoms with Gasteiger partial charge < -0.3 is 35.2 Å². The van der Waals surface area contributed by atoms with Crippen LogP contribution in [0.5, 0.6) is 5.75 Å². The van der Waals surface area contributed by atoms with Crippen molar-refractivity contribution in [3.8, 4) is 5.75 Å². The number of aliphatic hydroxyl groups is 3. The van der Waals surface area contributed by atoms with Gasteiger partial charge in [0.2, 0.25) is 6.29 Å². The van der Waals surface area contributed by atoms with Crippen LogP contribution in [0.15, 0.2) is 24.3 Å². The summed E-state index contributed by atoms with van der Waals surface area (Å²) < 4.78 is 11.5. The summed E-state index contributed by atoms with van der Waals surface area (Å²) in [5.74, 6) is -1.09. The Hall–Kier alpha value is -0.980. The summed E-state index contributed by atoms with van der Waals surface area (Å²) >= 11 is 2.28. The molecule has 0 bridgehead atoms. The Morgan fingerprint density at radius 2 is 1.83 bits per heavy atom. The molecule has 1 aliphatic rings. The molecule has 1 aromatic carbocycles. The zero-order valence-corrected chi connectivity index (χ0v) is 14.9. The largest absolute Gasteiger partial charge is 0.479 e. The maximum atomic E-state index is 11.0. The third-order valence-corrected chi connectivity index (χ3v) is 4.13. The molecule has 5 unspecified atom stereocenters. The van der Waals surface area contributed by atoms with Crippen molar-refractivity contribution in [2.75, 3.05) is 11.0 Å². The van der Waals surface area contributed by atoms with Gasteiger partial charge in [-0.05, 0) is 17.7 Å². The number of halogens is 1. The molecule has 0 amide bonds. The highest BCUT2D eigenvalue weighted by molar-refractivity contribution is 14.1. The Labute approximate surface area is 152 Å². The first kappa shape index (κ1) is 19.3. The summed E-state index contributed by atoms with van der Waals surface area (Å²) in [7, 11) is 0. The van der Waals surface area contributed by atoms with Crippen LogP contribution in [0.3, 0.4) is 0 Å². The highest BCUT2D eigenvalue weighted by atomic mass is 127. The van der Waals surface area contributed by atoms with Crippen molar-refractivity contribution in [3.63, 3.8) is 0 Å². The molecule has 0 spiro atoms. The van der Waals surface area contributed by atoms with Gasteiger partial charge in [0.15, 0.2) is 6.10 Å². The molecule has 0 aliphatic carbocycles. The van der Waals surface area contributed by atoms with Crippen LogP contribution in [0.25, 0.3) is 0 Å². The molecule has 9 heteroatoms. The van der Waals surface area contributed by atoms with Gasteiger partial charge in [0.25, 0.3) is 0 Å². The van der Waals surface area contributed by atoms with Crippen LogP contribution in [-0.2, 0) is 16.1 Å². The molecule has 24 heavy (non-hydrogen) atoms. The lowest BCUT2D eigenvalue weighted by atomic mass is 9.99. The van der Waals surface area contributed by atoms with E-state index in [4.69, 9.17) is 14.6 Å². The van der Waals surface area contributed by atoms with Gasteiger partial charge in [-0.25, -0.2) is 4.79 Å². The molecule has 1 fully saturated rings. The average Bonchev–Trinajstić information content (AvgIpc) is 2.56. The van der Waals surface area contributed by atoms with E-state index >= 15 is 0 Å². The Balaban J connectivity index is 1.99. The van der Waals surface area contributed by atoms with Crippen molar-refractivity contribution < 1.29 is 34.7 Å². The van der Waals surface area contributed by atoms with Crippen molar-refractivity contribution in [2.24, 2.45) is 0 Å². The van der Waals surface area contributed by atoms with Crippen LogP contribution >= 0.6 is 22.6 Å². The zero-order valence-electron chi connectivity index (χ0n) is 12.7. The fourth-order valence-corrected chi connectivity index (χ4v) is 2.65. The van der Waals surface area contributed by atoms with Crippen LogP contribution in [0.2, 0.25) is 0 Å². The lowest BCUT2D eigenvalue weighted by Gasteiger charge is -2.38. The maximum absolute atomic E-state index is 11.0. The first-order chi connectivity index (χ1) is 11.4. The molecule has 1 heterocycles. The molecule has 8 nitrogen and oxygen atoms in total. The van der Waals surface area contributed by atoms with Crippen LogP contribution in [0.4, 0.5) is 0 Å². The van der Waals surface area contributed by atoms with E-state index in [-0.39, 0.29) is 0 Å². The lowest BCUT2D eigenvalue weighted by Crippen LogP contribution is -2.61. The molecule has 5 N–H and O–H groups in total. The van der Waals surface area contributed by atoms with Gasteiger partial charge in [0, 0.05) is 17.5 Å². The second-order valence-electron chi connectivity index (χ2n) is 5.36. The molecular weight excluding hydrogens is 433 g/mol. The van der Waals surface area contributed by atoms with Gasteiger partial charge in [-0.15, -0.1) is 0 Å². The number of carbonyl (C=O) groups is 1. The molecule has 134 valence electrons. The monoisotopic (exact) mass is 453 g/mol. The van der Waals surface area contributed by atoms with Gasteiger partial charge in [-0.3, -0.25) is 0 Å². The highest BCUT2D eigenvalue weighted by Crippen LogP contribution is 2.24. The van der Waals surface area contributed by atoms with Gasteiger partial charge in [0.1, 0.15) is 24.1 Å². The molecule has 0 aromatic heterocycles. The number of carboxylic acids is 1. The molecular formula is C15H20INO7. The standard InChI is InChI=1S/C15H20INO7/c16-5-6-17-7-8-1-3-9(4-2-8)23-15-12(20)10(18)11(19)13(24-15)14(21)22/h1-4,10-13,15,17-20H,5-7H2,(H,21,22). The number of carboxylic acid groups (broad SMARTS) is 1. The van der Waals surface area contributed by atoms with Crippen molar-refractivity contribution in [3.05, 3.63) is 29.8 Å². The van der Waals surface area contributed by atoms with Crippen LogP contribution in [0, 0.1) is 0 Å². The smallest absolute Gasteiger partial charge is 0.335 e. The predicted octanol–water partition coefficient (Wildman–Crippen LogP) is -0.518. The van der Waals surface area contributed by atoms with E-state index < -0.39 is 36.7 Å². The molecule has 1 saturated heterocycles. The quantitative estimate of drug-likeness (QED) is 0.212. The SMILES string of the molecule is O=C(O)C1OC(Oc2ccc(CNCCI)cc2)C(O)C(O)C1O. The second-order valence-corrected chi connectivity index (χ2v) is 6.44. The zero-order chi connectivity index (χ0) is 17.7. The van der Waals surface area contributed by atoms with E-state index in [1.165, 1.54) is 0 Å². The minimum Gasteiger partial charge on any atom is -0.479 e. The number of rotatable bonds is 7. The first-order valence-corrected chi connectivity index (χ1v) is 8.91.